The van der Waals surface area contributed by atoms with Crippen molar-refractivity contribution < 1.29 is 57.5 Å². The minimum absolute atomic E-state index is 0.0119. The van der Waals surface area contributed by atoms with Crippen LogP contribution in [0, 0.1) is 0 Å². The molecule has 7 aromatic rings. The highest BCUT2D eigenvalue weighted by Gasteiger charge is 2.28. The van der Waals surface area contributed by atoms with Gasteiger partial charge in [0.15, 0.2) is 23.3 Å². The van der Waals surface area contributed by atoms with E-state index in [0.717, 1.165) is 25.7 Å². The van der Waals surface area contributed by atoms with Crippen molar-refractivity contribution in [3.8, 4) is 0 Å². The lowest BCUT2D eigenvalue weighted by Gasteiger charge is -2.23. The van der Waals surface area contributed by atoms with Crippen LogP contribution in [0.5, 0.6) is 0 Å². The molecule has 1 atom stereocenters. The fourth-order valence-corrected chi connectivity index (χ4v) is 9.58. The summed E-state index contributed by atoms with van der Waals surface area (Å²) in [5, 5.41) is 29.5. The Labute approximate surface area is 546 Å². The molecule has 0 saturated carbocycles. The first-order valence-corrected chi connectivity index (χ1v) is 30.7. The third-order valence-corrected chi connectivity index (χ3v) is 14.2. The highest BCUT2D eigenvalue weighted by molar-refractivity contribution is 6.06. The molecule has 0 aliphatic rings. The molecule has 0 spiro atoms. The van der Waals surface area contributed by atoms with Gasteiger partial charge in [0.05, 0.1) is 17.1 Å². The topological polar surface area (TPSA) is 415 Å². The first-order valence-electron chi connectivity index (χ1n) is 30.7. The lowest BCUT2D eigenvalue weighted by atomic mass is 10.2. The number of ether oxygens (including phenoxy) is 1. The predicted molar refractivity (Wildman–Crippen MR) is 349 cm³/mol. The summed E-state index contributed by atoms with van der Waals surface area (Å²) in [6, 6.07) is 3.17. The minimum Gasteiger partial charge on any atom is -0.444 e. The number of alkyl carbamates (subject to hydrolysis) is 1. The molecule has 95 heavy (non-hydrogen) atoms. The van der Waals surface area contributed by atoms with Crippen LogP contribution in [0.3, 0.4) is 0 Å². The molecule has 7 heterocycles. The Morgan fingerprint density at radius 2 is 0.947 bits per heavy atom. The Hall–Kier alpha value is -11.4. The Morgan fingerprint density at radius 1 is 0.463 bits per heavy atom. The van der Waals surface area contributed by atoms with Crippen molar-refractivity contribution >= 4 is 99.7 Å². The molecule has 0 bridgehead atoms. The molecule has 0 aromatic carbocycles. The van der Waals surface area contributed by atoms with Crippen molar-refractivity contribution in [2.24, 2.45) is 42.3 Å². The van der Waals surface area contributed by atoms with Gasteiger partial charge in [-0.2, -0.15) is 0 Å². The number of amides is 11. The zero-order valence-corrected chi connectivity index (χ0v) is 54.9. The summed E-state index contributed by atoms with van der Waals surface area (Å²) in [6.45, 7) is 9.46. The highest BCUT2D eigenvalue weighted by Crippen LogP contribution is 2.21. The van der Waals surface area contributed by atoms with Gasteiger partial charge in [0.2, 0.25) is 35.2 Å². The van der Waals surface area contributed by atoms with E-state index in [1.165, 1.54) is 73.0 Å². The van der Waals surface area contributed by atoms with E-state index in [1.54, 1.807) is 89.8 Å². The molecular formula is C61H82N22O12. The number of hydrogen-bond acceptors (Lipinski definition) is 16. The van der Waals surface area contributed by atoms with Gasteiger partial charge in [0, 0.05) is 137 Å². The lowest BCUT2D eigenvalue weighted by Crippen LogP contribution is -2.47. The second-order valence-electron chi connectivity index (χ2n) is 23.3. The molecule has 11 amide bonds. The number of aromatic nitrogens is 11. The van der Waals surface area contributed by atoms with E-state index in [2.05, 4.69) is 85.3 Å². The molecule has 0 aliphatic carbocycles. The molecule has 0 saturated heterocycles. The summed E-state index contributed by atoms with van der Waals surface area (Å²) in [7, 11) is 9.66. The van der Waals surface area contributed by atoms with Crippen LogP contribution in [0.25, 0.3) is 0 Å². The number of anilines is 6. The fourth-order valence-electron chi connectivity index (χ4n) is 9.58. The smallest absolute Gasteiger partial charge is 0.408 e. The maximum absolute atomic E-state index is 14.0. The Bertz CT molecular complexity index is 3980. The third kappa shape index (κ3) is 20.1. The van der Waals surface area contributed by atoms with E-state index < -0.39 is 70.9 Å². The first-order chi connectivity index (χ1) is 45.1. The second-order valence-corrected chi connectivity index (χ2v) is 23.3. The van der Waals surface area contributed by atoms with Gasteiger partial charge >= 0.3 is 6.09 Å². The maximum atomic E-state index is 14.0. The zero-order valence-electron chi connectivity index (χ0n) is 54.9. The van der Waals surface area contributed by atoms with Crippen molar-refractivity contribution in [2.45, 2.75) is 104 Å². The van der Waals surface area contributed by atoms with E-state index in [9.17, 15) is 52.7 Å². The van der Waals surface area contributed by atoms with Crippen LogP contribution in [-0.4, -0.2) is 155 Å². The first kappa shape index (κ1) is 71.1. The minimum atomic E-state index is -1.29. The molecule has 0 fully saturated rings. The van der Waals surface area contributed by atoms with Gasteiger partial charge < -0.3 is 95.2 Å². The summed E-state index contributed by atoms with van der Waals surface area (Å²) < 4.78 is 16.0. The van der Waals surface area contributed by atoms with Crippen LogP contribution in [0.4, 0.5) is 39.3 Å². The standard InChI is InChI=1S/C61H82N22O12/c1-12-14-15-16-25-83-35-45(76-59(93)50-72-43(33-82(50)11)71-47(85)19-23-66-56(90)49-73-44(34-81(49)10)75-58(92)48-62-24-26-77(48)6)74-51(83)57(91)65-21-17-39(70-60(94)95-61(3,4)5)52(86)68-37-28-41(78(7)31-37)54(88)64-22-18-46(84)67-36-27-42(80(9)30-36)55(89)69-38-29-40(79(8)32-38)53(87)63-20-13-2/h24,26-35,39H,12-23,25H2,1-11H3,(H,63,87)(H,64,88)(H,65,91)(H,66,90)(H,67,84)(H,68,86)(H,69,89)(H,70,94)(H,71,85)(H,75,92)(H,76,93)/t39-/m1/s1. The van der Waals surface area contributed by atoms with Gasteiger partial charge in [-0.15, -0.1) is 0 Å². The molecule has 11 N–H and O–H groups in total. The molecule has 0 unspecified atom stereocenters. The van der Waals surface area contributed by atoms with E-state index in [1.807, 2.05) is 6.92 Å². The normalized spacial score (nSPS) is 11.4. The van der Waals surface area contributed by atoms with Gasteiger partial charge in [-0.25, -0.2) is 24.7 Å². The van der Waals surface area contributed by atoms with Crippen LogP contribution >= 0.6 is 0 Å². The summed E-state index contributed by atoms with van der Waals surface area (Å²) in [6.07, 6.45) is 14.9. The van der Waals surface area contributed by atoms with E-state index in [0.29, 0.717) is 36.6 Å². The highest BCUT2D eigenvalue weighted by atomic mass is 16.6. The van der Waals surface area contributed by atoms with Crippen molar-refractivity contribution in [1.82, 2.24) is 78.5 Å². The van der Waals surface area contributed by atoms with Gasteiger partial charge in [-0.05, 0) is 58.2 Å². The molecule has 34 nitrogen and oxygen atoms in total. The Morgan fingerprint density at radius 3 is 1.52 bits per heavy atom. The third-order valence-electron chi connectivity index (χ3n) is 14.2. The van der Waals surface area contributed by atoms with Crippen LogP contribution in [0.1, 0.15) is 160 Å². The van der Waals surface area contributed by atoms with Crippen molar-refractivity contribution in [3.05, 3.63) is 108 Å². The van der Waals surface area contributed by atoms with Gasteiger partial charge in [-0.3, -0.25) is 47.9 Å². The van der Waals surface area contributed by atoms with Gasteiger partial charge in [0.1, 0.15) is 28.7 Å². The van der Waals surface area contributed by atoms with E-state index in [4.69, 9.17) is 4.74 Å². The number of nitrogens with zero attached hydrogens (tertiary/aromatic N) is 11. The SMILES string of the molecule is CCCCCCn1cc(NC(=O)c2nc(NC(=O)CCNC(=O)c3nc(NC(=O)c4nccn4C)cn3C)cn2C)nc1C(=O)NCC[C@@H](NC(=O)OC(C)(C)C)C(=O)Nc1cc(C(=O)NCCC(=O)Nc2cc(C(=O)Nc3cc(C(=O)NCCC)n(C)c3)n(C)c2)n(C)c1. The summed E-state index contributed by atoms with van der Waals surface area (Å²) in [4.78, 5) is 162. The molecule has 0 aliphatic heterocycles. The molecule has 0 radical (unpaired) electrons. The Kier molecular flexibility index (Phi) is 24.2. The zero-order chi connectivity index (χ0) is 69.3. The van der Waals surface area contributed by atoms with E-state index >= 15 is 0 Å². The van der Waals surface area contributed by atoms with Crippen LogP contribution in [0.2, 0.25) is 0 Å². The number of imidazole rings is 4. The number of aryl methyl sites for hydroxylation is 7. The van der Waals surface area contributed by atoms with Crippen molar-refractivity contribution in [1.29, 1.82) is 0 Å². The molecule has 34 heteroatoms. The molecule has 508 valence electrons. The lowest BCUT2D eigenvalue weighted by molar-refractivity contribution is -0.118. The number of unbranched alkanes of at least 4 members (excludes halogenated alkanes) is 3. The summed E-state index contributed by atoms with van der Waals surface area (Å²) in [5.41, 5.74) is 0.708. The number of hydrogen-bond donors (Lipinski definition) is 11. The largest absolute Gasteiger partial charge is 0.444 e. The number of carbonyl (C=O) groups excluding carboxylic acids is 11. The summed E-state index contributed by atoms with van der Waals surface area (Å²) >= 11 is 0. The Balaban J connectivity index is 0.902. The molecular weight excluding hydrogens is 1230 g/mol. The molecule has 7 rings (SSSR count). The quantitative estimate of drug-likeness (QED) is 0.0276. The van der Waals surface area contributed by atoms with Gasteiger partial charge in [0.25, 0.3) is 41.4 Å². The maximum Gasteiger partial charge on any atom is 0.408 e. The predicted octanol–water partition coefficient (Wildman–Crippen LogP) is 3.75. The second kappa shape index (κ2) is 32.3. The van der Waals surface area contributed by atoms with E-state index in [-0.39, 0.29) is 103 Å². The fraction of sp³-hybridized carbons (Fsp3) is 0.426. The average Bonchev–Trinajstić information content (AvgIpc) is 1.71. The van der Waals surface area contributed by atoms with Crippen LogP contribution in [0.15, 0.2) is 67.8 Å². The van der Waals surface area contributed by atoms with Crippen LogP contribution in [-0.2, 0) is 68.0 Å². The van der Waals surface area contributed by atoms with Gasteiger partial charge in [-0.1, -0.05) is 33.1 Å². The number of carbonyl (C=O) groups is 11. The van der Waals surface area contributed by atoms with Crippen molar-refractivity contribution in [3.63, 3.8) is 0 Å². The average molecular weight is 1320 g/mol. The number of nitrogens with one attached hydrogen (secondary N) is 11. The van der Waals surface area contributed by atoms with Crippen molar-refractivity contribution in [2.75, 3.05) is 58.1 Å². The van der Waals surface area contributed by atoms with Crippen LogP contribution < -0.4 is 58.5 Å². The molecule has 7 aromatic heterocycles. The summed E-state index contributed by atoms with van der Waals surface area (Å²) in [5.74, 6) is -5.40. The number of rotatable bonds is 31. The monoisotopic (exact) mass is 1310 g/mol.